The molecule has 0 saturated heterocycles. The zero-order valence-electron chi connectivity index (χ0n) is 10.7. The third-order valence-corrected chi connectivity index (χ3v) is 2.78. The van der Waals surface area contributed by atoms with Gasteiger partial charge >= 0.3 is 0 Å². The molecule has 5 nitrogen and oxygen atoms in total. The summed E-state index contributed by atoms with van der Waals surface area (Å²) >= 11 is 0. The molecule has 1 heterocycles. The van der Waals surface area contributed by atoms with Crippen LogP contribution in [0.3, 0.4) is 0 Å². The van der Waals surface area contributed by atoms with Crippen LogP contribution in [0.4, 0.5) is 0 Å². The lowest BCUT2D eigenvalue weighted by Gasteiger charge is -2.15. The number of hydrogen-bond acceptors (Lipinski definition) is 4. The van der Waals surface area contributed by atoms with Crippen molar-refractivity contribution in [2.24, 2.45) is 5.73 Å². The third kappa shape index (κ3) is 3.99. The molecular formula is C14H18N2O3. The molecule has 2 rings (SSSR count). The van der Waals surface area contributed by atoms with Crippen LogP contribution in [0.2, 0.25) is 0 Å². The Kier molecular flexibility index (Phi) is 4.80. The molecule has 102 valence electrons. The van der Waals surface area contributed by atoms with Crippen molar-refractivity contribution in [2.75, 3.05) is 19.8 Å². The number of nitrogens with one attached hydrogen (secondary N) is 1. The van der Waals surface area contributed by atoms with E-state index in [-0.39, 0.29) is 11.7 Å². The maximum absolute atomic E-state index is 11.7. The van der Waals surface area contributed by atoms with Crippen LogP contribution in [0, 0.1) is 0 Å². The van der Waals surface area contributed by atoms with E-state index in [4.69, 9.17) is 15.2 Å². The van der Waals surface area contributed by atoms with Crippen LogP contribution in [0.25, 0.3) is 0 Å². The third-order valence-electron chi connectivity index (χ3n) is 2.78. The van der Waals surface area contributed by atoms with Crippen LogP contribution in [0.1, 0.15) is 11.1 Å². The Balaban J connectivity index is 1.84. The van der Waals surface area contributed by atoms with E-state index in [0.29, 0.717) is 26.3 Å². The summed E-state index contributed by atoms with van der Waals surface area (Å²) in [6.07, 6.45) is 2.22. The van der Waals surface area contributed by atoms with E-state index >= 15 is 0 Å². The molecule has 0 aliphatic carbocycles. The Morgan fingerprint density at radius 1 is 1.21 bits per heavy atom. The summed E-state index contributed by atoms with van der Waals surface area (Å²) < 4.78 is 10.2. The Labute approximate surface area is 112 Å². The minimum Gasteiger partial charge on any atom is -0.494 e. The van der Waals surface area contributed by atoms with Crippen molar-refractivity contribution >= 4 is 5.91 Å². The summed E-state index contributed by atoms with van der Waals surface area (Å²) in [7, 11) is 0. The van der Waals surface area contributed by atoms with E-state index in [0.717, 1.165) is 12.0 Å². The van der Waals surface area contributed by atoms with Crippen molar-refractivity contribution < 1.29 is 14.3 Å². The summed E-state index contributed by atoms with van der Waals surface area (Å²) in [6.45, 7) is 2.00. The molecule has 0 radical (unpaired) electrons. The first-order valence-electron chi connectivity index (χ1n) is 6.30. The molecule has 0 spiro atoms. The van der Waals surface area contributed by atoms with Crippen molar-refractivity contribution in [3.8, 4) is 0 Å². The highest BCUT2D eigenvalue weighted by molar-refractivity contribution is 5.91. The van der Waals surface area contributed by atoms with Crippen molar-refractivity contribution in [3.63, 3.8) is 0 Å². The summed E-state index contributed by atoms with van der Waals surface area (Å²) in [4.78, 5) is 11.7. The van der Waals surface area contributed by atoms with Crippen LogP contribution in [0.5, 0.6) is 0 Å². The Morgan fingerprint density at radius 3 is 2.58 bits per heavy atom. The van der Waals surface area contributed by atoms with Gasteiger partial charge in [-0.1, -0.05) is 24.3 Å². The van der Waals surface area contributed by atoms with Crippen molar-refractivity contribution in [3.05, 3.63) is 47.4 Å². The van der Waals surface area contributed by atoms with E-state index < -0.39 is 0 Å². The van der Waals surface area contributed by atoms with Gasteiger partial charge in [0.25, 0.3) is 5.91 Å². The molecule has 0 bridgehead atoms. The average Bonchev–Trinajstić information content (AvgIpc) is 2.47. The number of carbonyl (C=O) groups excluding carboxylic acids is 1. The van der Waals surface area contributed by atoms with Crippen LogP contribution < -0.4 is 11.1 Å². The lowest BCUT2D eigenvalue weighted by Crippen LogP contribution is -2.28. The number of amides is 1. The van der Waals surface area contributed by atoms with Gasteiger partial charge in [0.1, 0.15) is 19.5 Å². The maximum atomic E-state index is 11.7. The van der Waals surface area contributed by atoms with Gasteiger partial charge in [0.05, 0.1) is 0 Å². The first-order valence-corrected chi connectivity index (χ1v) is 6.30. The minimum atomic E-state index is -0.259. The number of carbonyl (C=O) groups is 1. The zero-order chi connectivity index (χ0) is 13.5. The molecule has 0 fully saturated rings. The monoisotopic (exact) mass is 262 g/mol. The number of nitrogens with two attached hydrogens (primary N) is 1. The normalized spacial score (nSPS) is 14.1. The van der Waals surface area contributed by atoms with Gasteiger partial charge in [-0.2, -0.15) is 0 Å². The van der Waals surface area contributed by atoms with Gasteiger partial charge < -0.3 is 20.5 Å². The van der Waals surface area contributed by atoms with E-state index in [1.54, 1.807) is 0 Å². The molecule has 1 aromatic rings. The highest BCUT2D eigenvalue weighted by Gasteiger charge is 2.14. The minimum absolute atomic E-state index is 0.228. The van der Waals surface area contributed by atoms with Crippen molar-refractivity contribution in [1.29, 1.82) is 0 Å². The van der Waals surface area contributed by atoms with E-state index in [2.05, 4.69) is 5.32 Å². The highest BCUT2D eigenvalue weighted by atomic mass is 16.6. The molecule has 1 aromatic carbocycles. The van der Waals surface area contributed by atoms with Gasteiger partial charge in [0, 0.05) is 6.54 Å². The fourth-order valence-electron chi connectivity index (χ4n) is 1.75. The summed E-state index contributed by atoms with van der Waals surface area (Å²) in [6, 6.07) is 8.01. The number of hydrogen-bond donors (Lipinski definition) is 2. The van der Waals surface area contributed by atoms with E-state index in [9.17, 15) is 4.79 Å². The Hall–Kier alpha value is -2.01. The quantitative estimate of drug-likeness (QED) is 0.819. The van der Waals surface area contributed by atoms with Crippen LogP contribution in [-0.4, -0.2) is 25.7 Å². The van der Waals surface area contributed by atoms with Crippen molar-refractivity contribution in [1.82, 2.24) is 5.32 Å². The van der Waals surface area contributed by atoms with Crippen LogP contribution >= 0.6 is 0 Å². The first-order chi connectivity index (χ1) is 9.29. The van der Waals surface area contributed by atoms with Gasteiger partial charge in [-0.3, -0.25) is 4.79 Å². The lowest BCUT2D eigenvalue weighted by molar-refractivity contribution is -0.122. The lowest BCUT2D eigenvalue weighted by atomic mass is 10.1. The predicted octanol–water partition coefficient (Wildman–Crippen LogP) is 0.692. The van der Waals surface area contributed by atoms with Crippen LogP contribution in [-0.2, 0) is 27.2 Å². The van der Waals surface area contributed by atoms with Gasteiger partial charge in [0.15, 0.2) is 0 Å². The molecule has 1 aliphatic heterocycles. The van der Waals surface area contributed by atoms with E-state index in [1.807, 2.05) is 24.3 Å². The molecule has 1 aliphatic rings. The molecule has 1 amide bonds. The molecule has 0 saturated carbocycles. The smallest absolute Gasteiger partial charge is 0.289 e. The zero-order valence-corrected chi connectivity index (χ0v) is 10.7. The standard InChI is InChI=1S/C14H18N2O3/c15-6-5-11-1-3-12(4-2-11)9-16-14(17)13-10-18-7-8-19-13/h1-4,10H,5-9,15H2,(H,16,17). The number of benzene rings is 1. The summed E-state index contributed by atoms with van der Waals surface area (Å²) in [5.74, 6) is -0.0308. The SMILES string of the molecule is NCCc1ccc(CNC(=O)C2=COCCO2)cc1. The van der Waals surface area contributed by atoms with Gasteiger partial charge in [-0.25, -0.2) is 0 Å². The molecule has 0 aromatic heterocycles. The Bertz CT molecular complexity index is 454. The number of rotatable bonds is 5. The van der Waals surface area contributed by atoms with Crippen molar-refractivity contribution in [2.45, 2.75) is 13.0 Å². The fourth-order valence-corrected chi connectivity index (χ4v) is 1.75. The largest absolute Gasteiger partial charge is 0.494 e. The second-order valence-electron chi connectivity index (χ2n) is 4.24. The molecule has 19 heavy (non-hydrogen) atoms. The summed E-state index contributed by atoms with van der Waals surface area (Å²) in [5, 5.41) is 2.78. The highest BCUT2D eigenvalue weighted by Crippen LogP contribution is 2.07. The topological polar surface area (TPSA) is 73.6 Å². The second-order valence-corrected chi connectivity index (χ2v) is 4.24. The predicted molar refractivity (Wildman–Crippen MR) is 71.0 cm³/mol. The maximum Gasteiger partial charge on any atom is 0.289 e. The number of ether oxygens (including phenoxy) is 2. The average molecular weight is 262 g/mol. The van der Waals surface area contributed by atoms with Gasteiger partial charge in [-0.15, -0.1) is 0 Å². The molecular weight excluding hydrogens is 244 g/mol. The van der Waals surface area contributed by atoms with Gasteiger partial charge in [-0.05, 0) is 24.1 Å². The molecule has 0 atom stereocenters. The Morgan fingerprint density at radius 2 is 1.95 bits per heavy atom. The van der Waals surface area contributed by atoms with E-state index in [1.165, 1.54) is 11.8 Å². The fraction of sp³-hybridized carbons (Fsp3) is 0.357. The van der Waals surface area contributed by atoms with Crippen LogP contribution in [0.15, 0.2) is 36.3 Å². The molecule has 5 heteroatoms. The summed E-state index contributed by atoms with van der Waals surface area (Å²) in [5.41, 5.74) is 7.72. The molecule has 3 N–H and O–H groups in total. The second kappa shape index (κ2) is 6.80. The first kappa shape index (κ1) is 13.4. The molecule has 0 unspecified atom stereocenters. The van der Waals surface area contributed by atoms with Gasteiger partial charge in [0.2, 0.25) is 5.76 Å².